The minimum absolute atomic E-state index is 0.118. The van der Waals surface area contributed by atoms with Gasteiger partial charge in [0, 0.05) is 11.1 Å². The number of fused-ring (bicyclic) bond motifs is 1. The van der Waals surface area contributed by atoms with Crippen molar-refractivity contribution < 1.29 is 4.79 Å². The molecule has 0 aliphatic carbocycles. The maximum atomic E-state index is 12.4. The highest BCUT2D eigenvalue weighted by atomic mass is 32.1. The quantitative estimate of drug-likeness (QED) is 0.781. The molecule has 1 amide bonds. The van der Waals surface area contributed by atoms with Crippen molar-refractivity contribution in [3.05, 3.63) is 40.7 Å². The Bertz CT molecular complexity index is 812. The van der Waals surface area contributed by atoms with Gasteiger partial charge in [-0.05, 0) is 29.7 Å². The molecule has 3 heterocycles. The number of nitrogens with one attached hydrogen (secondary N) is 1. The predicted molar refractivity (Wildman–Crippen MR) is 81.4 cm³/mol. The van der Waals surface area contributed by atoms with Crippen LogP contribution in [0, 0.1) is 0 Å². The van der Waals surface area contributed by atoms with Crippen LogP contribution in [0.3, 0.4) is 0 Å². The van der Waals surface area contributed by atoms with Crippen LogP contribution in [-0.4, -0.2) is 31.1 Å². The molecule has 0 bridgehead atoms. The van der Waals surface area contributed by atoms with Crippen molar-refractivity contribution in [1.82, 2.24) is 25.2 Å². The van der Waals surface area contributed by atoms with Gasteiger partial charge >= 0.3 is 0 Å². The molecule has 2 aromatic heterocycles. The van der Waals surface area contributed by atoms with E-state index in [9.17, 15) is 4.79 Å². The molecule has 8 heteroatoms. The van der Waals surface area contributed by atoms with Crippen molar-refractivity contribution in [2.75, 3.05) is 5.32 Å². The lowest BCUT2D eigenvalue weighted by atomic mass is 10.1. The number of rotatable bonds is 2. The van der Waals surface area contributed by atoms with Crippen LogP contribution in [0.15, 0.2) is 35.2 Å². The minimum atomic E-state index is -0.465. The van der Waals surface area contributed by atoms with Gasteiger partial charge in [0.25, 0.3) is 5.91 Å². The molecule has 1 atom stereocenters. The lowest BCUT2D eigenvalue weighted by Gasteiger charge is -2.10. The summed E-state index contributed by atoms with van der Waals surface area (Å²) >= 11 is 1.47. The van der Waals surface area contributed by atoms with Gasteiger partial charge < -0.3 is 5.32 Å². The van der Waals surface area contributed by atoms with Crippen molar-refractivity contribution in [1.29, 1.82) is 0 Å². The second-order valence-electron chi connectivity index (χ2n) is 5.01. The third-order valence-electron chi connectivity index (χ3n) is 3.63. The molecule has 0 saturated carbocycles. The Hall–Kier alpha value is -2.61. The molecular formula is C14H12N6OS. The molecule has 1 aliphatic rings. The molecule has 7 nitrogen and oxygen atoms in total. The summed E-state index contributed by atoms with van der Waals surface area (Å²) in [5, 5.41) is 17.1. The van der Waals surface area contributed by atoms with Crippen molar-refractivity contribution in [2.24, 2.45) is 0 Å². The zero-order valence-corrected chi connectivity index (χ0v) is 12.3. The smallest absolute Gasteiger partial charge is 0.251 e. The van der Waals surface area contributed by atoms with Gasteiger partial charge in [0.15, 0.2) is 6.04 Å². The van der Waals surface area contributed by atoms with Crippen LogP contribution >= 0.6 is 11.3 Å². The van der Waals surface area contributed by atoms with E-state index in [1.807, 2.05) is 29.6 Å². The zero-order valence-electron chi connectivity index (χ0n) is 11.5. The second-order valence-corrected chi connectivity index (χ2v) is 5.73. The van der Waals surface area contributed by atoms with Gasteiger partial charge in [-0.1, -0.05) is 18.2 Å². The van der Waals surface area contributed by atoms with E-state index in [2.05, 4.69) is 25.7 Å². The molecule has 0 radical (unpaired) electrons. The highest BCUT2D eigenvalue weighted by Gasteiger charge is 2.27. The summed E-state index contributed by atoms with van der Waals surface area (Å²) in [5.74, 6) is 0.322. The summed E-state index contributed by atoms with van der Waals surface area (Å²) in [6.07, 6.45) is 1.42. The first-order chi connectivity index (χ1) is 10.8. The minimum Gasteiger partial charge on any atom is -0.324 e. The van der Waals surface area contributed by atoms with Gasteiger partial charge in [-0.2, -0.15) is 4.80 Å². The number of amides is 1. The Kier molecular flexibility index (Phi) is 3.15. The largest absolute Gasteiger partial charge is 0.324 e. The standard InChI is InChI=1S/C14H12N6OS/c21-14-12(6-5-9-3-1-2-4-10(9)16-14)20-18-13(17-19-20)11-7-22-8-15-11/h1-4,7-8,12H,5-6H2,(H,16,21). The average Bonchev–Trinajstić information content (AvgIpc) is 3.17. The molecule has 0 saturated heterocycles. The maximum Gasteiger partial charge on any atom is 0.251 e. The van der Waals surface area contributed by atoms with E-state index in [-0.39, 0.29) is 5.91 Å². The van der Waals surface area contributed by atoms with Crippen LogP contribution in [0.2, 0.25) is 0 Å². The van der Waals surface area contributed by atoms with Crippen LogP contribution in [0.25, 0.3) is 11.5 Å². The summed E-state index contributed by atoms with van der Waals surface area (Å²) in [4.78, 5) is 18.0. The van der Waals surface area contributed by atoms with Crippen LogP contribution in [0.4, 0.5) is 5.69 Å². The summed E-state index contributed by atoms with van der Waals surface area (Å²) < 4.78 is 0. The van der Waals surface area contributed by atoms with Crippen molar-refractivity contribution >= 4 is 22.9 Å². The molecular weight excluding hydrogens is 300 g/mol. The van der Waals surface area contributed by atoms with E-state index in [1.165, 1.54) is 16.1 Å². The lowest BCUT2D eigenvalue weighted by molar-refractivity contribution is -0.119. The number of aromatic nitrogens is 5. The third kappa shape index (κ3) is 2.27. The predicted octanol–water partition coefficient (Wildman–Crippen LogP) is 1.92. The number of anilines is 1. The van der Waals surface area contributed by atoms with E-state index in [0.717, 1.165) is 17.7 Å². The fourth-order valence-electron chi connectivity index (χ4n) is 2.50. The third-order valence-corrected chi connectivity index (χ3v) is 4.22. The topological polar surface area (TPSA) is 85.6 Å². The van der Waals surface area contributed by atoms with E-state index in [4.69, 9.17) is 0 Å². The summed E-state index contributed by atoms with van der Waals surface area (Å²) in [7, 11) is 0. The Morgan fingerprint density at radius 1 is 1.32 bits per heavy atom. The molecule has 3 aromatic rings. The molecule has 0 fully saturated rings. The first kappa shape index (κ1) is 13.1. The van der Waals surface area contributed by atoms with E-state index in [0.29, 0.717) is 17.9 Å². The average molecular weight is 312 g/mol. The van der Waals surface area contributed by atoms with Gasteiger partial charge in [0.2, 0.25) is 5.82 Å². The van der Waals surface area contributed by atoms with E-state index >= 15 is 0 Å². The van der Waals surface area contributed by atoms with E-state index < -0.39 is 6.04 Å². The van der Waals surface area contributed by atoms with Crippen molar-refractivity contribution in [2.45, 2.75) is 18.9 Å². The van der Waals surface area contributed by atoms with Crippen LogP contribution < -0.4 is 5.32 Å². The fraction of sp³-hybridized carbons (Fsp3) is 0.214. The highest BCUT2D eigenvalue weighted by Crippen LogP contribution is 2.26. The Morgan fingerprint density at radius 3 is 3.09 bits per heavy atom. The van der Waals surface area contributed by atoms with Crippen molar-refractivity contribution in [3.8, 4) is 11.5 Å². The number of carbonyl (C=O) groups excluding carboxylic acids is 1. The number of aryl methyl sites for hydroxylation is 1. The Balaban J connectivity index is 1.62. The van der Waals surface area contributed by atoms with Crippen LogP contribution in [0.5, 0.6) is 0 Å². The summed E-state index contributed by atoms with van der Waals surface area (Å²) in [6.45, 7) is 0. The van der Waals surface area contributed by atoms with Crippen LogP contribution in [-0.2, 0) is 11.2 Å². The van der Waals surface area contributed by atoms with Gasteiger partial charge in [0.1, 0.15) is 5.69 Å². The first-order valence-corrected chi connectivity index (χ1v) is 7.82. The number of thiazole rings is 1. The van der Waals surface area contributed by atoms with Crippen molar-refractivity contribution in [3.63, 3.8) is 0 Å². The monoisotopic (exact) mass is 312 g/mol. The normalized spacial score (nSPS) is 17.6. The maximum absolute atomic E-state index is 12.4. The Labute approximate surface area is 130 Å². The first-order valence-electron chi connectivity index (χ1n) is 6.88. The molecule has 1 unspecified atom stereocenters. The molecule has 1 N–H and O–H groups in total. The fourth-order valence-corrected chi connectivity index (χ4v) is 3.03. The van der Waals surface area contributed by atoms with Gasteiger partial charge in [-0.15, -0.1) is 21.5 Å². The summed E-state index contributed by atoms with van der Waals surface area (Å²) in [5.41, 5.74) is 4.37. The molecule has 110 valence electrons. The second kappa shape index (κ2) is 5.30. The van der Waals surface area contributed by atoms with Gasteiger partial charge in [0.05, 0.1) is 5.51 Å². The van der Waals surface area contributed by atoms with Gasteiger partial charge in [-0.3, -0.25) is 4.79 Å². The Morgan fingerprint density at radius 2 is 2.23 bits per heavy atom. The number of nitrogens with zero attached hydrogens (tertiary/aromatic N) is 5. The number of para-hydroxylation sites is 1. The number of tetrazole rings is 1. The molecule has 1 aromatic carbocycles. The molecule has 22 heavy (non-hydrogen) atoms. The molecule has 1 aliphatic heterocycles. The van der Waals surface area contributed by atoms with E-state index in [1.54, 1.807) is 5.51 Å². The number of carbonyl (C=O) groups is 1. The highest BCUT2D eigenvalue weighted by molar-refractivity contribution is 7.07. The number of hydrogen-bond acceptors (Lipinski definition) is 6. The molecule has 4 rings (SSSR count). The van der Waals surface area contributed by atoms with Crippen LogP contribution in [0.1, 0.15) is 18.0 Å². The summed E-state index contributed by atoms with van der Waals surface area (Å²) in [6, 6.07) is 7.35. The van der Waals surface area contributed by atoms with Gasteiger partial charge in [-0.25, -0.2) is 4.98 Å². The number of hydrogen-bond donors (Lipinski definition) is 1. The number of benzene rings is 1. The zero-order chi connectivity index (χ0) is 14.9. The molecule has 0 spiro atoms. The lowest BCUT2D eigenvalue weighted by Crippen LogP contribution is -2.26. The SMILES string of the molecule is O=C1Nc2ccccc2CCC1n1nnc(-c2cscn2)n1.